The molecule has 7 unspecified atom stereocenters. The summed E-state index contributed by atoms with van der Waals surface area (Å²) >= 11 is 0. The van der Waals surface area contributed by atoms with Crippen LogP contribution in [0.2, 0.25) is 0 Å². The molecule has 1 fully saturated rings. The Hall–Kier alpha value is -6.00. The lowest BCUT2D eigenvalue weighted by atomic mass is 9.96. The average Bonchev–Trinajstić information content (AvgIpc) is 4.11. The van der Waals surface area contributed by atoms with Crippen LogP contribution >= 0.6 is 0 Å². The van der Waals surface area contributed by atoms with E-state index in [4.69, 9.17) is 0 Å². The van der Waals surface area contributed by atoms with Crippen molar-refractivity contribution in [2.45, 2.75) is 235 Å². The molecule has 1 aliphatic heterocycles. The minimum Gasteiger partial charge on any atom is -0.345 e. The highest BCUT2D eigenvalue weighted by atomic mass is 16.2. The molecule has 23 heteroatoms. The second-order valence-corrected chi connectivity index (χ2v) is 26.8. The van der Waals surface area contributed by atoms with E-state index in [1.54, 1.807) is 25.9 Å². The first-order valence-corrected chi connectivity index (χ1v) is 31.4. The molecular formula is C63H113N11O12. The third-order valence-electron chi connectivity index (χ3n) is 16.0. The van der Waals surface area contributed by atoms with Crippen LogP contribution in [0.4, 0.5) is 0 Å². The van der Waals surface area contributed by atoms with Crippen LogP contribution in [0.1, 0.15) is 174 Å². The van der Waals surface area contributed by atoms with Crippen molar-refractivity contribution < 1.29 is 57.5 Å². The summed E-state index contributed by atoms with van der Waals surface area (Å²) in [7, 11) is 9.41. The molecule has 1 saturated heterocycles. The molecule has 5 N–H and O–H groups in total. The maximum absolute atomic E-state index is 14.8. The fourth-order valence-corrected chi connectivity index (χ4v) is 10.7. The fourth-order valence-electron chi connectivity index (χ4n) is 10.7. The molecule has 11 atom stereocenters. The van der Waals surface area contributed by atoms with Crippen molar-refractivity contribution >= 4 is 71.6 Å². The van der Waals surface area contributed by atoms with Gasteiger partial charge >= 0.3 is 0 Å². The Morgan fingerprint density at radius 2 is 0.930 bits per heavy atom. The highest BCUT2D eigenvalue weighted by Crippen LogP contribution is 2.24. The van der Waals surface area contributed by atoms with Gasteiger partial charge in [-0.25, -0.2) is 0 Å². The molecule has 0 aromatic heterocycles. The van der Waals surface area contributed by atoms with E-state index < -0.39 is 120 Å². The van der Waals surface area contributed by atoms with Crippen molar-refractivity contribution in [1.82, 2.24) is 56.0 Å². The molecular weight excluding hydrogens is 1100 g/mol. The summed E-state index contributed by atoms with van der Waals surface area (Å²) in [6.45, 7) is 28.2. The highest BCUT2D eigenvalue weighted by Gasteiger charge is 2.42. The third-order valence-corrected chi connectivity index (χ3v) is 16.0. The van der Waals surface area contributed by atoms with Crippen molar-refractivity contribution in [3.05, 3.63) is 0 Å². The molecule has 0 spiro atoms. The zero-order valence-electron chi connectivity index (χ0n) is 56.2. The maximum atomic E-state index is 14.8. The van der Waals surface area contributed by atoms with E-state index in [2.05, 4.69) is 26.6 Å². The van der Waals surface area contributed by atoms with Gasteiger partial charge in [0.2, 0.25) is 59.1 Å². The van der Waals surface area contributed by atoms with Gasteiger partial charge in [0.05, 0.1) is 31.1 Å². The lowest BCUT2D eigenvalue weighted by Gasteiger charge is -2.37. The van der Waals surface area contributed by atoms with Gasteiger partial charge in [0.15, 0.2) is 0 Å². The minimum atomic E-state index is -1.30. The largest absolute Gasteiger partial charge is 0.345 e. The summed E-state index contributed by atoms with van der Waals surface area (Å²) in [4.78, 5) is 174. The molecule has 1 heterocycles. The summed E-state index contributed by atoms with van der Waals surface area (Å²) in [5.74, 6) is -5.88. The van der Waals surface area contributed by atoms with Gasteiger partial charge in [0, 0.05) is 34.7 Å². The number of hydrogen-bond donors (Lipinski definition) is 5. The number of carbonyl (C=O) groups excluding carboxylic acids is 12. The van der Waals surface area contributed by atoms with Crippen LogP contribution in [0.25, 0.3) is 0 Å². The van der Waals surface area contributed by atoms with E-state index in [1.165, 1.54) is 52.7 Å². The molecule has 0 bridgehead atoms. The van der Waals surface area contributed by atoms with Crippen molar-refractivity contribution in [3.8, 4) is 0 Å². The van der Waals surface area contributed by atoms with Crippen LogP contribution in [-0.4, -0.2) is 217 Å². The smallest absolute Gasteiger partial charge is 0.245 e. The Morgan fingerprint density at radius 1 is 0.488 bits per heavy atom. The van der Waals surface area contributed by atoms with E-state index in [1.807, 2.05) is 96.9 Å². The second kappa shape index (κ2) is 37.6. The van der Waals surface area contributed by atoms with Gasteiger partial charge in [0.25, 0.3) is 0 Å². The van der Waals surface area contributed by atoms with Crippen molar-refractivity contribution in [3.63, 3.8) is 0 Å². The molecule has 1 rings (SSSR count). The Morgan fingerprint density at radius 3 is 1.38 bits per heavy atom. The highest BCUT2D eigenvalue weighted by molar-refractivity contribution is 5.98. The summed E-state index contributed by atoms with van der Waals surface area (Å²) in [6, 6.07) is -10.0. The van der Waals surface area contributed by atoms with Crippen molar-refractivity contribution in [1.29, 1.82) is 0 Å². The summed E-state index contributed by atoms with van der Waals surface area (Å²) in [5.41, 5.74) is 0. The van der Waals surface area contributed by atoms with Crippen LogP contribution in [-0.2, 0) is 57.5 Å². The Bertz CT molecular complexity index is 2260. The van der Waals surface area contributed by atoms with Crippen molar-refractivity contribution in [2.75, 3.05) is 55.4 Å². The van der Waals surface area contributed by atoms with E-state index in [0.29, 0.717) is 38.3 Å². The Balaban J connectivity index is 3.49. The van der Waals surface area contributed by atoms with E-state index >= 15 is 0 Å². The minimum absolute atomic E-state index is 0.0131. The first-order chi connectivity index (χ1) is 40.0. The maximum Gasteiger partial charge on any atom is 0.245 e. The van der Waals surface area contributed by atoms with Gasteiger partial charge in [-0.05, 0) is 113 Å². The molecule has 10 amide bonds. The predicted octanol–water partition coefficient (Wildman–Crippen LogP) is 3.79. The molecule has 0 radical (unpaired) electrons. The number of carbonyl (C=O) groups is 12. The molecule has 0 aliphatic carbocycles. The van der Waals surface area contributed by atoms with E-state index in [0.717, 1.165) is 0 Å². The number of likely N-dealkylation sites (tertiary alicyclic amines) is 1. The predicted molar refractivity (Wildman–Crippen MR) is 332 cm³/mol. The van der Waals surface area contributed by atoms with Crippen LogP contribution < -0.4 is 26.6 Å². The van der Waals surface area contributed by atoms with Gasteiger partial charge in [-0.15, -0.1) is 0 Å². The van der Waals surface area contributed by atoms with Crippen LogP contribution in [0.5, 0.6) is 0 Å². The van der Waals surface area contributed by atoms with Gasteiger partial charge in [0.1, 0.15) is 54.9 Å². The van der Waals surface area contributed by atoms with E-state index in [9.17, 15) is 57.5 Å². The molecule has 23 nitrogen and oxygen atoms in total. The molecule has 492 valence electrons. The normalized spacial score (nSPS) is 17.0. The first-order valence-electron chi connectivity index (χ1n) is 31.4. The Kier molecular flexibility index (Phi) is 34.1. The van der Waals surface area contributed by atoms with Gasteiger partial charge < -0.3 is 60.7 Å². The van der Waals surface area contributed by atoms with Crippen LogP contribution in [0.3, 0.4) is 0 Å². The number of nitrogens with one attached hydrogen (secondary N) is 5. The number of amides is 10. The summed E-state index contributed by atoms with van der Waals surface area (Å²) in [5, 5.41) is 14.0. The van der Waals surface area contributed by atoms with Crippen LogP contribution in [0, 0.1) is 41.4 Å². The zero-order chi connectivity index (χ0) is 66.2. The number of nitrogens with zero attached hydrogens (tertiary/aromatic N) is 6. The summed E-state index contributed by atoms with van der Waals surface area (Å²) in [6.07, 6.45) is 3.78. The monoisotopic (exact) mass is 1220 g/mol. The molecule has 1 aliphatic rings. The standard InChI is InChI=1S/C63H113N11O12/c1-22-43(15)48(36-76)65-54(77)34-70(18)62(85)49-25-24-26-74(49)61(84)45(23-2)66-58(81)51(30-40(9)10)72(20)60(83)47(28-38(5)6)68-59(82)52(31-41(11)12)73(21)63(86)53(32-42(13)14)71(19)55(78)33-44(35-75)64-56(79)46(27-37(3)4)67-57(80)50(69(16)17)29-39(7)8/h35-53H,22-34H2,1-21H3,(H,64,79)(H,65,77)(H,66,81)(H,67,80)(H,68,82)/t43-,44?,45?,46?,47-,48?,49?,50?,51?,52-,53+/m0/s1. The zero-order valence-corrected chi connectivity index (χ0v) is 56.2. The SMILES string of the molecule is CCC(NC(=O)C(CC(C)C)N(C)C(=O)[C@H](CC(C)C)NC(=O)[C@H](CC(C)C)N(C)C(=O)[C@@H](CC(C)C)N(C)C(=O)CC(C=O)NC(=O)C(CC(C)C)NC(=O)C(CC(C)C)N(C)C)C(=O)N1CCCC1C(=O)N(C)CC(=O)NC(C=O)[C@@H](C)CC. The van der Waals surface area contributed by atoms with Gasteiger partial charge in [-0.1, -0.05) is 110 Å². The number of hydrogen-bond acceptors (Lipinski definition) is 13. The van der Waals surface area contributed by atoms with E-state index in [-0.39, 0.29) is 98.9 Å². The molecule has 0 saturated carbocycles. The third kappa shape index (κ3) is 25.0. The number of likely N-dealkylation sites (N-methyl/N-ethyl adjacent to an activating group) is 5. The summed E-state index contributed by atoms with van der Waals surface area (Å²) < 4.78 is 0. The van der Waals surface area contributed by atoms with Gasteiger partial charge in [-0.3, -0.25) is 52.8 Å². The topological polar surface area (TPSA) is 284 Å². The van der Waals surface area contributed by atoms with Crippen molar-refractivity contribution in [2.24, 2.45) is 41.4 Å². The van der Waals surface area contributed by atoms with Gasteiger partial charge in [-0.2, -0.15) is 0 Å². The number of aldehydes is 2. The fraction of sp³-hybridized carbons (Fsp3) is 0.810. The lowest BCUT2D eigenvalue weighted by molar-refractivity contribution is -0.150. The lowest BCUT2D eigenvalue weighted by Crippen LogP contribution is -2.60. The molecule has 86 heavy (non-hydrogen) atoms. The van der Waals surface area contributed by atoms with Crippen LogP contribution in [0.15, 0.2) is 0 Å². The second-order valence-electron chi connectivity index (χ2n) is 26.8. The average molecular weight is 1220 g/mol. The number of rotatable bonds is 38. The molecule has 0 aromatic carbocycles. The first kappa shape index (κ1) is 78.0. The quantitative estimate of drug-likeness (QED) is 0.0551. The Labute approximate surface area is 515 Å². The molecule has 0 aromatic rings.